The molecule has 0 aliphatic carbocycles. The summed E-state index contributed by atoms with van der Waals surface area (Å²) in [7, 11) is 0. The van der Waals surface area contributed by atoms with Crippen LogP contribution in [-0.2, 0) is 9.59 Å². The molecule has 0 aromatic rings. The normalized spacial score (nSPS) is 8.62. The van der Waals surface area contributed by atoms with Crippen molar-refractivity contribution in [3.05, 3.63) is 6.92 Å². The molecule has 45 valence electrons. The molecule has 0 rings (SSSR count). The molecule has 0 saturated carbocycles. The smallest absolute Gasteiger partial charge is 0.310 e. The first-order valence-electron chi connectivity index (χ1n) is 2.19. The molecule has 0 heterocycles. The minimum absolute atomic E-state index is 0.0618. The molecule has 3 heteroatoms. The van der Waals surface area contributed by atoms with Crippen LogP contribution in [0.25, 0.3) is 0 Å². The van der Waals surface area contributed by atoms with Crippen LogP contribution in [0.15, 0.2) is 0 Å². The lowest BCUT2D eigenvalue weighted by Crippen LogP contribution is -2.04. The summed E-state index contributed by atoms with van der Waals surface area (Å²) in [5, 5.41) is 7.97. The molecule has 0 bridgehead atoms. The van der Waals surface area contributed by atoms with Crippen molar-refractivity contribution in [2.75, 3.05) is 0 Å². The molecule has 0 amide bonds. The number of Topliss-reactive ketones (excluding diaryl/α,β-unsaturated/α-hetero) is 1. The summed E-state index contributed by atoms with van der Waals surface area (Å²) in [5.41, 5.74) is 0. The third-order valence-electron chi connectivity index (χ3n) is 0.627. The maximum atomic E-state index is 10.2. The van der Waals surface area contributed by atoms with Crippen LogP contribution in [0.2, 0.25) is 0 Å². The van der Waals surface area contributed by atoms with Crippen molar-refractivity contribution in [2.24, 2.45) is 0 Å². The Morgan fingerprint density at radius 1 is 1.50 bits per heavy atom. The molecule has 0 unspecified atom stereocenters. The van der Waals surface area contributed by atoms with E-state index >= 15 is 0 Å². The quantitative estimate of drug-likeness (QED) is 0.536. The molecule has 0 aliphatic rings. The maximum absolute atomic E-state index is 10.2. The predicted octanol–water partition coefficient (Wildman–Crippen LogP) is 0.254. The second-order valence-corrected chi connectivity index (χ2v) is 1.36. The first-order chi connectivity index (χ1) is 3.66. The van der Waals surface area contributed by atoms with Crippen molar-refractivity contribution in [1.82, 2.24) is 0 Å². The van der Waals surface area contributed by atoms with Crippen molar-refractivity contribution in [2.45, 2.75) is 12.8 Å². The standard InChI is InChI=1S/C5H7O3/c1-2-4(6)3-5(7)8/h1-3H2,(H,7,8). The van der Waals surface area contributed by atoms with Gasteiger partial charge in [-0.05, 0) is 6.92 Å². The molecular formula is C5H7O3. The van der Waals surface area contributed by atoms with Crippen molar-refractivity contribution in [1.29, 1.82) is 0 Å². The number of carboxylic acids is 1. The van der Waals surface area contributed by atoms with E-state index in [0.717, 1.165) is 0 Å². The Kier molecular flexibility index (Phi) is 2.84. The van der Waals surface area contributed by atoms with E-state index in [4.69, 9.17) is 5.11 Å². The minimum Gasteiger partial charge on any atom is -0.481 e. The highest BCUT2D eigenvalue weighted by Gasteiger charge is 2.02. The van der Waals surface area contributed by atoms with Crippen molar-refractivity contribution in [3.63, 3.8) is 0 Å². The number of carbonyl (C=O) groups is 2. The number of carboxylic acid groups (broad SMARTS) is 1. The van der Waals surface area contributed by atoms with Gasteiger partial charge in [-0.15, -0.1) is 0 Å². The van der Waals surface area contributed by atoms with Crippen LogP contribution in [0, 0.1) is 6.92 Å². The van der Waals surface area contributed by atoms with Gasteiger partial charge in [0.25, 0.3) is 0 Å². The van der Waals surface area contributed by atoms with Gasteiger partial charge in [-0.2, -0.15) is 0 Å². The van der Waals surface area contributed by atoms with E-state index in [1.54, 1.807) is 0 Å². The maximum Gasteiger partial charge on any atom is 0.310 e. The van der Waals surface area contributed by atoms with E-state index < -0.39 is 12.4 Å². The summed E-state index contributed by atoms with van der Waals surface area (Å²) in [4.78, 5) is 19.9. The number of hydrogen-bond acceptors (Lipinski definition) is 2. The van der Waals surface area contributed by atoms with E-state index in [0.29, 0.717) is 0 Å². The van der Waals surface area contributed by atoms with Crippen LogP contribution in [-0.4, -0.2) is 16.9 Å². The van der Waals surface area contributed by atoms with Crippen molar-refractivity contribution >= 4 is 11.8 Å². The Hall–Kier alpha value is -0.860. The van der Waals surface area contributed by atoms with Gasteiger partial charge in [0.2, 0.25) is 0 Å². The zero-order valence-electron chi connectivity index (χ0n) is 4.39. The summed E-state index contributed by atoms with van der Waals surface area (Å²) >= 11 is 0. The Labute approximate surface area is 47.3 Å². The van der Waals surface area contributed by atoms with Crippen LogP contribution in [0.4, 0.5) is 0 Å². The number of hydrogen-bond donors (Lipinski definition) is 1. The largest absolute Gasteiger partial charge is 0.481 e. The molecule has 0 aromatic heterocycles. The monoisotopic (exact) mass is 115 g/mol. The van der Waals surface area contributed by atoms with Gasteiger partial charge < -0.3 is 5.11 Å². The highest BCUT2D eigenvalue weighted by atomic mass is 16.4. The van der Waals surface area contributed by atoms with Gasteiger partial charge >= 0.3 is 5.97 Å². The van der Waals surface area contributed by atoms with Gasteiger partial charge in [0, 0.05) is 6.42 Å². The lowest BCUT2D eigenvalue weighted by Gasteiger charge is -1.86. The van der Waals surface area contributed by atoms with E-state index in [1.165, 1.54) is 0 Å². The van der Waals surface area contributed by atoms with Crippen LogP contribution >= 0.6 is 0 Å². The van der Waals surface area contributed by atoms with E-state index in [2.05, 4.69) is 6.92 Å². The topological polar surface area (TPSA) is 54.4 Å². The molecular weight excluding hydrogens is 108 g/mol. The molecule has 0 spiro atoms. The summed E-state index contributed by atoms with van der Waals surface area (Å²) in [6.07, 6.45) is -0.338. The lowest BCUT2D eigenvalue weighted by molar-refractivity contribution is -0.140. The molecule has 0 atom stereocenters. The van der Waals surface area contributed by atoms with Crippen LogP contribution in [0.1, 0.15) is 12.8 Å². The fourth-order valence-electron chi connectivity index (χ4n) is 0.257. The molecule has 0 aliphatic heterocycles. The average Bonchev–Trinajstić information content (AvgIpc) is 1.65. The molecule has 0 fully saturated rings. The third kappa shape index (κ3) is 3.33. The van der Waals surface area contributed by atoms with Crippen LogP contribution in [0.5, 0.6) is 0 Å². The second-order valence-electron chi connectivity index (χ2n) is 1.36. The molecule has 3 nitrogen and oxygen atoms in total. The number of carbonyl (C=O) groups excluding carboxylic acids is 1. The minimum atomic E-state index is -1.08. The Morgan fingerprint density at radius 3 is 2.12 bits per heavy atom. The summed E-state index contributed by atoms with van der Waals surface area (Å²) < 4.78 is 0. The fourth-order valence-corrected chi connectivity index (χ4v) is 0.257. The molecule has 1 N–H and O–H groups in total. The van der Waals surface area contributed by atoms with Gasteiger partial charge in [0.15, 0.2) is 0 Å². The van der Waals surface area contributed by atoms with E-state index in [-0.39, 0.29) is 12.2 Å². The highest BCUT2D eigenvalue weighted by molar-refractivity contribution is 5.94. The lowest BCUT2D eigenvalue weighted by atomic mass is 10.2. The summed E-state index contributed by atoms with van der Waals surface area (Å²) in [6, 6.07) is 0. The summed E-state index contributed by atoms with van der Waals surface area (Å²) in [5.74, 6) is -1.42. The fraction of sp³-hybridized carbons (Fsp3) is 0.400. The van der Waals surface area contributed by atoms with E-state index in [9.17, 15) is 9.59 Å². The van der Waals surface area contributed by atoms with Gasteiger partial charge in [0.1, 0.15) is 12.2 Å². The Bertz CT molecular complexity index is 106. The van der Waals surface area contributed by atoms with Gasteiger partial charge in [-0.1, -0.05) is 0 Å². The zero-order valence-corrected chi connectivity index (χ0v) is 4.39. The summed E-state index contributed by atoms with van der Waals surface area (Å²) in [6.45, 7) is 3.23. The second kappa shape index (κ2) is 3.18. The van der Waals surface area contributed by atoms with Crippen LogP contribution in [0.3, 0.4) is 0 Å². The molecule has 1 radical (unpaired) electrons. The average molecular weight is 115 g/mol. The van der Waals surface area contributed by atoms with Crippen molar-refractivity contribution < 1.29 is 14.7 Å². The SMILES string of the molecule is [CH2]CC(=O)CC(=O)O. The highest BCUT2D eigenvalue weighted by Crippen LogP contribution is 1.85. The number of rotatable bonds is 3. The van der Waals surface area contributed by atoms with Gasteiger partial charge in [-0.25, -0.2) is 0 Å². The predicted molar refractivity (Wildman–Crippen MR) is 27.2 cm³/mol. The first-order valence-corrected chi connectivity index (χ1v) is 2.19. The number of ketones is 1. The zero-order chi connectivity index (χ0) is 6.57. The van der Waals surface area contributed by atoms with Crippen molar-refractivity contribution in [3.8, 4) is 0 Å². The van der Waals surface area contributed by atoms with E-state index in [1.807, 2.05) is 0 Å². The van der Waals surface area contributed by atoms with Gasteiger partial charge in [-0.3, -0.25) is 9.59 Å². The first kappa shape index (κ1) is 7.14. The molecule has 8 heavy (non-hydrogen) atoms. The van der Waals surface area contributed by atoms with Crippen LogP contribution < -0.4 is 0 Å². The third-order valence-corrected chi connectivity index (χ3v) is 0.627. The molecule has 0 saturated heterocycles. The number of aliphatic carboxylic acids is 1. The van der Waals surface area contributed by atoms with Gasteiger partial charge in [0.05, 0.1) is 0 Å². The Morgan fingerprint density at radius 2 is 2.00 bits per heavy atom. The Balaban J connectivity index is 3.40. The molecule has 0 aromatic carbocycles.